The van der Waals surface area contributed by atoms with E-state index in [9.17, 15) is 0 Å². The van der Waals surface area contributed by atoms with Crippen LogP contribution in [0.25, 0.3) is 91.9 Å². The zero-order chi connectivity index (χ0) is 46.4. The van der Waals surface area contributed by atoms with Crippen LogP contribution in [0, 0.1) is 0 Å². The SMILES string of the molecule is CC(C)(C)c1ccc(Nc2cc3oc4cc5c(cc4c3cc2-c2ccc3c4cc6c(cc4n4c3c2Bc2cc3sc7ccccc7c3cc2-4)-c2ccccc2C6(C)C)C(C)(C)CCC5(C)C)cc1. The average molecular weight is 899 g/mol. The summed E-state index contributed by atoms with van der Waals surface area (Å²) in [6, 6.07) is 51.5. The lowest BCUT2D eigenvalue weighted by Crippen LogP contribution is -2.37. The maximum Gasteiger partial charge on any atom is 0.198 e. The first-order valence-electron chi connectivity index (χ1n) is 24.7. The van der Waals surface area contributed by atoms with Crippen LogP contribution in [0.1, 0.15) is 103 Å². The second-order valence-electron chi connectivity index (χ2n) is 23.3. The van der Waals surface area contributed by atoms with E-state index in [-0.39, 0.29) is 21.7 Å². The molecule has 0 unspecified atom stereocenters. The molecule has 2 aliphatic carbocycles. The van der Waals surface area contributed by atoms with Crippen molar-refractivity contribution in [3.8, 4) is 27.9 Å². The average Bonchev–Trinajstić information content (AvgIpc) is 4.02. The van der Waals surface area contributed by atoms with E-state index in [0.717, 1.165) is 36.2 Å². The number of rotatable bonds is 3. The highest BCUT2D eigenvalue weighted by molar-refractivity contribution is 7.26. The monoisotopic (exact) mass is 898 g/mol. The van der Waals surface area contributed by atoms with Crippen molar-refractivity contribution in [2.24, 2.45) is 0 Å². The molecule has 11 aromatic rings. The van der Waals surface area contributed by atoms with E-state index in [2.05, 4.69) is 206 Å². The molecule has 0 saturated heterocycles. The smallest absolute Gasteiger partial charge is 0.198 e. The zero-order valence-corrected chi connectivity index (χ0v) is 41.4. The molecule has 0 bridgehead atoms. The van der Waals surface area contributed by atoms with Gasteiger partial charge in [0.2, 0.25) is 0 Å². The van der Waals surface area contributed by atoms with Crippen LogP contribution in [-0.4, -0.2) is 11.8 Å². The van der Waals surface area contributed by atoms with Crippen LogP contribution in [0.3, 0.4) is 0 Å². The van der Waals surface area contributed by atoms with E-state index in [4.69, 9.17) is 4.42 Å². The van der Waals surface area contributed by atoms with Gasteiger partial charge in [0.05, 0.1) is 11.2 Å². The molecular weight excluding hydrogens is 844 g/mol. The van der Waals surface area contributed by atoms with Gasteiger partial charge < -0.3 is 14.3 Å². The van der Waals surface area contributed by atoms with Gasteiger partial charge in [0.15, 0.2) is 7.28 Å². The van der Waals surface area contributed by atoms with Gasteiger partial charge in [-0.2, -0.15) is 0 Å². The summed E-state index contributed by atoms with van der Waals surface area (Å²) in [6.07, 6.45) is 2.33. The van der Waals surface area contributed by atoms with Crippen molar-refractivity contribution >= 4 is 105 Å². The van der Waals surface area contributed by atoms with Gasteiger partial charge in [-0.05, 0) is 140 Å². The molecule has 0 atom stereocenters. The molecule has 0 spiro atoms. The number of fused-ring (bicyclic) bond motifs is 15. The quantitative estimate of drug-likeness (QED) is 0.179. The Hall–Kier alpha value is -6.56. The number of nitrogens with zero attached hydrogens (tertiary/aromatic N) is 1. The number of hydrogen-bond acceptors (Lipinski definition) is 3. The summed E-state index contributed by atoms with van der Waals surface area (Å²) in [7, 11) is 0.831. The van der Waals surface area contributed by atoms with Crippen LogP contribution >= 0.6 is 11.3 Å². The van der Waals surface area contributed by atoms with Crippen LogP contribution in [0.4, 0.5) is 11.4 Å². The molecule has 332 valence electrons. The molecule has 5 heteroatoms. The summed E-state index contributed by atoms with van der Waals surface area (Å²) in [5.74, 6) is 0. The first-order valence-corrected chi connectivity index (χ1v) is 25.5. The Morgan fingerprint density at radius 2 is 1.26 bits per heavy atom. The summed E-state index contributed by atoms with van der Waals surface area (Å²) in [5, 5.41) is 11.6. The molecule has 14 rings (SSSR count). The maximum atomic E-state index is 6.96. The fourth-order valence-corrected chi connectivity index (χ4v) is 14.0. The molecule has 3 aromatic heterocycles. The lowest BCUT2D eigenvalue weighted by molar-refractivity contribution is 0.332. The maximum absolute atomic E-state index is 6.96. The molecule has 3 nitrogen and oxygen atoms in total. The number of aromatic nitrogens is 1. The molecule has 1 N–H and O–H groups in total. The summed E-state index contributed by atoms with van der Waals surface area (Å²) < 4.78 is 12.3. The van der Waals surface area contributed by atoms with Gasteiger partial charge in [-0.25, -0.2) is 0 Å². The normalized spacial score (nSPS) is 16.4. The number of benzene rings is 8. The van der Waals surface area contributed by atoms with Crippen molar-refractivity contribution < 1.29 is 4.42 Å². The molecule has 8 aromatic carbocycles. The third-order valence-electron chi connectivity index (χ3n) is 16.8. The van der Waals surface area contributed by atoms with Crippen molar-refractivity contribution in [2.75, 3.05) is 5.32 Å². The van der Waals surface area contributed by atoms with Gasteiger partial charge in [-0.3, -0.25) is 0 Å². The molecule has 0 fully saturated rings. The van der Waals surface area contributed by atoms with E-state index in [1.54, 1.807) is 0 Å². The van der Waals surface area contributed by atoms with Crippen molar-refractivity contribution in [3.63, 3.8) is 0 Å². The van der Waals surface area contributed by atoms with Gasteiger partial charge in [0, 0.05) is 75.7 Å². The second-order valence-corrected chi connectivity index (χ2v) is 24.4. The van der Waals surface area contributed by atoms with Gasteiger partial charge in [0.1, 0.15) is 11.2 Å². The summed E-state index contributed by atoms with van der Waals surface area (Å²) in [5.41, 5.74) is 22.9. The zero-order valence-electron chi connectivity index (χ0n) is 40.6. The van der Waals surface area contributed by atoms with Crippen LogP contribution in [-0.2, 0) is 21.7 Å². The minimum atomic E-state index is -0.101. The lowest BCUT2D eigenvalue weighted by atomic mass is 9.59. The van der Waals surface area contributed by atoms with Crippen LogP contribution < -0.4 is 16.2 Å². The van der Waals surface area contributed by atoms with Gasteiger partial charge in [-0.15, -0.1) is 11.3 Å². The van der Waals surface area contributed by atoms with E-state index in [1.165, 1.54) is 126 Å². The summed E-state index contributed by atoms with van der Waals surface area (Å²) in [4.78, 5) is 0. The predicted molar refractivity (Wildman–Crippen MR) is 294 cm³/mol. The number of furan rings is 1. The Morgan fingerprint density at radius 1 is 0.559 bits per heavy atom. The lowest BCUT2D eigenvalue weighted by Gasteiger charge is -2.41. The third-order valence-corrected chi connectivity index (χ3v) is 18.0. The molecule has 0 radical (unpaired) electrons. The fourth-order valence-electron chi connectivity index (χ4n) is 12.8. The number of thiophene rings is 1. The fraction of sp³-hybridized carbons (Fsp3) is 0.238. The molecule has 68 heavy (non-hydrogen) atoms. The van der Waals surface area contributed by atoms with Crippen molar-refractivity contribution in [2.45, 2.75) is 96.8 Å². The molecular formula is C63H55BN2OS. The van der Waals surface area contributed by atoms with Crippen molar-refractivity contribution in [3.05, 3.63) is 161 Å². The molecule has 0 amide bonds. The van der Waals surface area contributed by atoms with Crippen LogP contribution in [0.2, 0.25) is 0 Å². The minimum Gasteiger partial charge on any atom is -0.456 e. The Bertz CT molecular complexity index is 4030. The van der Waals surface area contributed by atoms with Gasteiger partial charge in [-0.1, -0.05) is 135 Å². The predicted octanol–water partition coefficient (Wildman–Crippen LogP) is 16.1. The number of anilines is 2. The Balaban J connectivity index is 1.07. The molecule has 1 aliphatic heterocycles. The van der Waals surface area contributed by atoms with Crippen molar-refractivity contribution in [1.82, 2.24) is 4.57 Å². The first kappa shape index (κ1) is 40.5. The van der Waals surface area contributed by atoms with Gasteiger partial charge in [0.25, 0.3) is 0 Å². The van der Waals surface area contributed by atoms with E-state index in [1.807, 2.05) is 11.3 Å². The van der Waals surface area contributed by atoms with E-state index < -0.39 is 0 Å². The summed E-state index contributed by atoms with van der Waals surface area (Å²) >= 11 is 1.91. The van der Waals surface area contributed by atoms with E-state index >= 15 is 0 Å². The van der Waals surface area contributed by atoms with E-state index in [0.29, 0.717) is 0 Å². The molecule has 3 aliphatic rings. The Morgan fingerprint density at radius 3 is 2.06 bits per heavy atom. The molecule has 4 heterocycles. The topological polar surface area (TPSA) is 30.1 Å². The largest absolute Gasteiger partial charge is 0.456 e. The number of nitrogens with one attached hydrogen (secondary N) is 1. The Kier molecular flexibility index (Phi) is 7.96. The highest BCUT2D eigenvalue weighted by Crippen LogP contribution is 2.53. The highest BCUT2D eigenvalue weighted by atomic mass is 32.1. The van der Waals surface area contributed by atoms with Gasteiger partial charge >= 0.3 is 0 Å². The van der Waals surface area contributed by atoms with Crippen LogP contribution in [0.15, 0.2) is 138 Å². The molecule has 0 saturated carbocycles. The third kappa shape index (κ3) is 5.54. The van der Waals surface area contributed by atoms with Crippen LogP contribution in [0.5, 0.6) is 0 Å². The Labute approximate surface area is 403 Å². The van der Waals surface area contributed by atoms with Crippen molar-refractivity contribution in [1.29, 1.82) is 0 Å². The second kappa shape index (κ2) is 13.4. The first-order chi connectivity index (χ1) is 32.5. The minimum absolute atomic E-state index is 0.0622. The standard InChI is InChI=1S/C63H55BN2OS/c1-60(2,3)34-18-20-35(21-19-34)65-51-33-55-43(44-28-48-49(31-54(44)67-55)62(6,7)25-24-61(48,4)5)26-41(51)38-22-23-39-42-27-47-40(36-14-10-12-16-46(36)63(47,8)9)29-52(42)66-53-30-45-37-15-11-13-17-56(37)68-57(45)32-50(53)64-58(38)59(39)66/h10-23,26-33,64-65H,24-25H2,1-9H3. The summed E-state index contributed by atoms with van der Waals surface area (Å²) in [6.45, 7) is 21.3. The number of hydrogen-bond donors (Lipinski definition) is 1. The highest BCUT2D eigenvalue weighted by Gasteiger charge is 2.39.